The average molecular weight is 354 g/mol. The SMILES string of the molecule is CC(C)(C)[SiH2]OC(c1ccccc1)(c1ccccc1)[C@@H]1CCC(=O)N1. The molecular formula is C21H27NO2Si. The van der Waals surface area contributed by atoms with Crippen LogP contribution in [0, 0.1) is 0 Å². The maximum Gasteiger partial charge on any atom is 0.220 e. The molecule has 4 heteroatoms. The van der Waals surface area contributed by atoms with Gasteiger partial charge in [0.25, 0.3) is 0 Å². The van der Waals surface area contributed by atoms with Gasteiger partial charge in [-0.3, -0.25) is 4.79 Å². The fraction of sp³-hybridized carbons (Fsp3) is 0.381. The van der Waals surface area contributed by atoms with Crippen molar-refractivity contribution < 1.29 is 9.22 Å². The van der Waals surface area contributed by atoms with Gasteiger partial charge in [-0.05, 0) is 22.6 Å². The van der Waals surface area contributed by atoms with Crippen molar-refractivity contribution in [3.05, 3.63) is 71.8 Å². The first-order chi connectivity index (χ1) is 11.9. The summed E-state index contributed by atoms with van der Waals surface area (Å²) in [6.45, 7) is 6.69. The molecule has 2 aromatic carbocycles. The molecule has 0 radical (unpaired) electrons. The summed E-state index contributed by atoms with van der Waals surface area (Å²) in [6.07, 6.45) is 1.35. The molecule has 1 fully saturated rings. The van der Waals surface area contributed by atoms with E-state index in [0.29, 0.717) is 6.42 Å². The summed E-state index contributed by atoms with van der Waals surface area (Å²) < 4.78 is 6.82. The summed E-state index contributed by atoms with van der Waals surface area (Å²) in [4.78, 5) is 12.0. The summed E-state index contributed by atoms with van der Waals surface area (Å²) in [5, 5.41) is 3.35. The third-order valence-electron chi connectivity index (χ3n) is 4.62. The van der Waals surface area contributed by atoms with E-state index in [-0.39, 0.29) is 17.0 Å². The third kappa shape index (κ3) is 3.85. The zero-order chi connectivity index (χ0) is 17.9. The van der Waals surface area contributed by atoms with Gasteiger partial charge in [0.15, 0.2) is 9.76 Å². The van der Waals surface area contributed by atoms with Crippen LogP contribution in [0.4, 0.5) is 0 Å². The Hall–Kier alpha value is -1.91. The molecule has 1 aliphatic rings. The highest BCUT2D eigenvalue weighted by atomic mass is 28.2. The Labute approximate surface area is 152 Å². The van der Waals surface area contributed by atoms with E-state index in [4.69, 9.17) is 4.43 Å². The van der Waals surface area contributed by atoms with Crippen LogP contribution < -0.4 is 5.32 Å². The highest BCUT2D eigenvalue weighted by Crippen LogP contribution is 2.41. The van der Waals surface area contributed by atoms with Crippen molar-refractivity contribution in [1.29, 1.82) is 0 Å². The van der Waals surface area contributed by atoms with E-state index in [0.717, 1.165) is 17.5 Å². The Bertz CT molecular complexity index is 670. The number of nitrogens with one attached hydrogen (secondary N) is 1. The minimum absolute atomic E-state index is 0.0420. The molecule has 0 aromatic heterocycles. The molecule has 1 amide bonds. The molecule has 2 aromatic rings. The molecule has 1 atom stereocenters. The fourth-order valence-electron chi connectivity index (χ4n) is 3.46. The quantitative estimate of drug-likeness (QED) is 0.835. The molecule has 25 heavy (non-hydrogen) atoms. The van der Waals surface area contributed by atoms with Gasteiger partial charge in [-0.2, -0.15) is 0 Å². The van der Waals surface area contributed by atoms with Crippen molar-refractivity contribution in [3.8, 4) is 0 Å². The second kappa shape index (κ2) is 7.14. The van der Waals surface area contributed by atoms with Gasteiger partial charge >= 0.3 is 0 Å². The normalized spacial score (nSPS) is 18.7. The van der Waals surface area contributed by atoms with Crippen LogP contribution in [-0.4, -0.2) is 21.7 Å². The van der Waals surface area contributed by atoms with Crippen molar-refractivity contribution in [1.82, 2.24) is 5.32 Å². The smallest absolute Gasteiger partial charge is 0.220 e. The van der Waals surface area contributed by atoms with E-state index in [1.807, 2.05) is 36.4 Å². The van der Waals surface area contributed by atoms with Crippen LogP contribution in [0.25, 0.3) is 0 Å². The molecule has 1 aliphatic heterocycles. The predicted octanol–water partition coefficient (Wildman–Crippen LogP) is 3.53. The zero-order valence-electron chi connectivity index (χ0n) is 15.3. The highest BCUT2D eigenvalue weighted by Gasteiger charge is 2.46. The number of benzene rings is 2. The van der Waals surface area contributed by atoms with Gasteiger partial charge in [-0.1, -0.05) is 81.4 Å². The first kappa shape index (κ1) is 17.9. The first-order valence-corrected chi connectivity index (χ1v) is 10.2. The lowest BCUT2D eigenvalue weighted by Crippen LogP contribution is -2.50. The number of hydrogen-bond acceptors (Lipinski definition) is 2. The van der Waals surface area contributed by atoms with Crippen LogP contribution in [0.1, 0.15) is 44.7 Å². The van der Waals surface area contributed by atoms with Crippen LogP contribution in [0.15, 0.2) is 60.7 Å². The summed E-state index contributed by atoms with van der Waals surface area (Å²) >= 11 is 0. The van der Waals surface area contributed by atoms with E-state index in [1.54, 1.807) is 0 Å². The number of carbonyl (C=O) groups is 1. The Morgan fingerprint density at radius 2 is 1.48 bits per heavy atom. The lowest BCUT2D eigenvalue weighted by molar-refractivity contribution is -0.119. The topological polar surface area (TPSA) is 38.3 Å². The van der Waals surface area contributed by atoms with E-state index >= 15 is 0 Å². The van der Waals surface area contributed by atoms with Crippen LogP contribution in [0.2, 0.25) is 5.04 Å². The largest absolute Gasteiger partial charge is 0.408 e. The predicted molar refractivity (Wildman–Crippen MR) is 104 cm³/mol. The van der Waals surface area contributed by atoms with Crippen molar-refractivity contribution >= 4 is 15.7 Å². The van der Waals surface area contributed by atoms with Gasteiger partial charge in [0, 0.05) is 6.42 Å². The molecule has 0 saturated carbocycles. The molecule has 0 aliphatic carbocycles. The molecular weight excluding hydrogens is 326 g/mol. The molecule has 1 saturated heterocycles. The molecule has 1 N–H and O–H groups in total. The summed E-state index contributed by atoms with van der Waals surface area (Å²) in [5.74, 6) is 0.113. The highest BCUT2D eigenvalue weighted by molar-refractivity contribution is 6.32. The maximum absolute atomic E-state index is 12.0. The van der Waals surface area contributed by atoms with E-state index in [1.165, 1.54) is 0 Å². The summed E-state index contributed by atoms with van der Waals surface area (Å²) in [5.41, 5.74) is 1.61. The Morgan fingerprint density at radius 3 is 1.88 bits per heavy atom. The van der Waals surface area contributed by atoms with Crippen LogP contribution in [0.5, 0.6) is 0 Å². The van der Waals surface area contributed by atoms with Gasteiger partial charge < -0.3 is 9.74 Å². The van der Waals surface area contributed by atoms with E-state index in [2.05, 4.69) is 50.4 Å². The fourth-order valence-corrected chi connectivity index (χ4v) is 4.65. The first-order valence-electron chi connectivity index (χ1n) is 8.96. The summed E-state index contributed by atoms with van der Waals surface area (Å²) in [6, 6.07) is 20.7. The molecule has 132 valence electrons. The molecule has 0 bridgehead atoms. The maximum atomic E-state index is 12.0. The minimum Gasteiger partial charge on any atom is -0.408 e. The van der Waals surface area contributed by atoms with Crippen molar-refractivity contribution in [2.45, 2.75) is 50.3 Å². The van der Waals surface area contributed by atoms with Crippen molar-refractivity contribution in [2.75, 3.05) is 0 Å². The molecule has 0 spiro atoms. The van der Waals surface area contributed by atoms with E-state index in [9.17, 15) is 4.79 Å². The van der Waals surface area contributed by atoms with Crippen LogP contribution in [0.3, 0.4) is 0 Å². The Morgan fingerprint density at radius 1 is 0.960 bits per heavy atom. The second-order valence-electron chi connectivity index (χ2n) is 7.98. The number of rotatable bonds is 5. The Balaban J connectivity index is 2.14. The third-order valence-corrected chi connectivity index (χ3v) is 6.09. The standard InChI is InChI=1S/C21H27NO2Si/c1-20(2,3)25-24-21(16-10-6-4-7-11-16,17-12-8-5-9-13-17)18-14-15-19(23)22-18/h4-13,18H,14-15,25H2,1-3H3,(H,22,23)/t18-/m0/s1. The van der Waals surface area contributed by atoms with Gasteiger partial charge in [0.2, 0.25) is 5.91 Å². The van der Waals surface area contributed by atoms with Crippen LogP contribution in [-0.2, 0) is 14.8 Å². The van der Waals surface area contributed by atoms with Gasteiger partial charge in [-0.25, -0.2) is 0 Å². The van der Waals surface area contributed by atoms with Gasteiger partial charge in [0.1, 0.15) is 5.60 Å². The molecule has 3 rings (SSSR count). The lowest BCUT2D eigenvalue weighted by Gasteiger charge is -2.42. The molecule has 0 unspecified atom stereocenters. The van der Waals surface area contributed by atoms with Crippen LogP contribution >= 0.6 is 0 Å². The Kier molecular flexibility index (Phi) is 5.11. The number of amides is 1. The zero-order valence-corrected chi connectivity index (χ0v) is 16.7. The van der Waals surface area contributed by atoms with Gasteiger partial charge in [0.05, 0.1) is 6.04 Å². The molecule has 1 heterocycles. The van der Waals surface area contributed by atoms with E-state index < -0.39 is 15.4 Å². The second-order valence-corrected chi connectivity index (χ2v) is 10.7. The average Bonchev–Trinajstić information content (AvgIpc) is 3.03. The molecule has 3 nitrogen and oxygen atoms in total. The monoisotopic (exact) mass is 353 g/mol. The van der Waals surface area contributed by atoms with Crippen molar-refractivity contribution in [2.24, 2.45) is 0 Å². The van der Waals surface area contributed by atoms with Gasteiger partial charge in [-0.15, -0.1) is 0 Å². The minimum atomic E-state index is -0.844. The number of hydrogen-bond donors (Lipinski definition) is 1. The summed E-state index contributed by atoms with van der Waals surface area (Å²) in [7, 11) is -0.844. The van der Waals surface area contributed by atoms with Crippen molar-refractivity contribution in [3.63, 3.8) is 0 Å². The lowest BCUT2D eigenvalue weighted by atomic mass is 9.79. The number of carbonyl (C=O) groups excluding carboxylic acids is 1.